The van der Waals surface area contributed by atoms with Gasteiger partial charge in [0, 0.05) is 26.4 Å². The molecule has 182 valence electrons. The van der Waals surface area contributed by atoms with Crippen molar-refractivity contribution in [2.24, 2.45) is 0 Å². The zero-order valence-electron chi connectivity index (χ0n) is 19.9. The quantitative estimate of drug-likeness (QED) is 0.467. The Bertz CT molecular complexity index is 1200. The number of hydrogen-bond donors (Lipinski definition) is 3. The number of carboxylic acid groups (broad SMARTS) is 1. The highest BCUT2D eigenvalue weighted by atomic mass is 16.4. The summed E-state index contributed by atoms with van der Waals surface area (Å²) in [6, 6.07) is 22.6. The molecule has 2 amide bonds. The van der Waals surface area contributed by atoms with E-state index in [1.807, 2.05) is 77.7 Å². The van der Waals surface area contributed by atoms with E-state index in [-0.39, 0.29) is 24.8 Å². The van der Waals surface area contributed by atoms with Gasteiger partial charge in [0.05, 0.1) is 12.1 Å². The van der Waals surface area contributed by atoms with E-state index in [0.717, 1.165) is 21.9 Å². The van der Waals surface area contributed by atoms with E-state index in [4.69, 9.17) is 0 Å². The van der Waals surface area contributed by atoms with Crippen LogP contribution in [0.2, 0.25) is 0 Å². The van der Waals surface area contributed by atoms with Crippen LogP contribution in [0.4, 0.5) is 0 Å². The summed E-state index contributed by atoms with van der Waals surface area (Å²) in [4.78, 5) is 38.5. The monoisotopic (exact) mass is 473 g/mol. The third kappa shape index (κ3) is 6.05. The number of aliphatic carboxylic acids is 1. The Morgan fingerprint density at radius 2 is 1.60 bits per heavy atom. The highest BCUT2D eigenvalue weighted by molar-refractivity contribution is 5.86. The number of piperidine rings is 1. The first kappa shape index (κ1) is 24.4. The van der Waals surface area contributed by atoms with Crippen molar-refractivity contribution in [3.63, 3.8) is 0 Å². The molecule has 3 aromatic carbocycles. The molecule has 0 aromatic heterocycles. The predicted molar refractivity (Wildman–Crippen MR) is 135 cm³/mol. The van der Waals surface area contributed by atoms with E-state index in [2.05, 4.69) is 10.6 Å². The van der Waals surface area contributed by atoms with Gasteiger partial charge in [-0.2, -0.15) is 0 Å². The van der Waals surface area contributed by atoms with Crippen LogP contribution in [0.25, 0.3) is 10.8 Å². The predicted octanol–water partition coefficient (Wildman–Crippen LogP) is 3.08. The van der Waals surface area contributed by atoms with Gasteiger partial charge in [0.15, 0.2) is 0 Å². The summed E-state index contributed by atoms with van der Waals surface area (Å²) in [6.07, 6.45) is 1.55. The average Bonchev–Trinajstić information content (AvgIpc) is 2.85. The number of likely N-dealkylation sites (tertiary alicyclic amines) is 1. The number of carboxylic acids is 1. The van der Waals surface area contributed by atoms with Crippen LogP contribution in [-0.2, 0) is 26.3 Å². The number of fused-ring (bicyclic) bond motifs is 1. The van der Waals surface area contributed by atoms with Gasteiger partial charge < -0.3 is 15.7 Å². The van der Waals surface area contributed by atoms with Gasteiger partial charge in [-0.3, -0.25) is 14.5 Å². The van der Waals surface area contributed by atoms with Crippen LogP contribution in [-0.4, -0.2) is 53.5 Å². The average molecular weight is 474 g/mol. The molecule has 0 unspecified atom stereocenters. The minimum Gasteiger partial charge on any atom is -0.480 e. The summed E-state index contributed by atoms with van der Waals surface area (Å²) in [5, 5.41) is 17.7. The standard InChI is InChI=1S/C28H31N3O4/c1-20(32)30-28(24-9-3-2-4-10-24)13-15-31(16-14-28)19-26(33)29-25(27(34)35)18-21-11-12-22-7-5-6-8-23(22)17-21/h2-12,17,25H,13-16,18-19H2,1H3,(H,29,33)(H,30,32)(H,34,35)/t25-/m0/s1. The fourth-order valence-corrected chi connectivity index (χ4v) is 4.92. The summed E-state index contributed by atoms with van der Waals surface area (Å²) < 4.78 is 0. The Morgan fingerprint density at radius 1 is 0.943 bits per heavy atom. The number of hydrogen-bond acceptors (Lipinski definition) is 4. The Kier molecular flexibility index (Phi) is 7.46. The maximum atomic E-state index is 12.8. The number of carbonyl (C=O) groups is 3. The zero-order valence-corrected chi connectivity index (χ0v) is 19.9. The van der Waals surface area contributed by atoms with Crippen molar-refractivity contribution in [3.8, 4) is 0 Å². The van der Waals surface area contributed by atoms with Crippen molar-refractivity contribution < 1.29 is 19.5 Å². The van der Waals surface area contributed by atoms with Crippen LogP contribution in [0.15, 0.2) is 72.8 Å². The van der Waals surface area contributed by atoms with Crippen molar-refractivity contribution in [1.29, 1.82) is 0 Å². The first-order chi connectivity index (χ1) is 16.8. The number of carbonyl (C=O) groups excluding carboxylic acids is 2. The van der Waals surface area contributed by atoms with Gasteiger partial charge in [0.2, 0.25) is 11.8 Å². The van der Waals surface area contributed by atoms with Gasteiger partial charge in [-0.25, -0.2) is 4.79 Å². The van der Waals surface area contributed by atoms with Crippen LogP contribution in [0.1, 0.15) is 30.9 Å². The molecule has 0 spiro atoms. The highest BCUT2D eigenvalue weighted by Crippen LogP contribution is 2.33. The topological polar surface area (TPSA) is 98.7 Å². The molecule has 7 nitrogen and oxygen atoms in total. The van der Waals surface area contributed by atoms with E-state index in [0.29, 0.717) is 25.9 Å². The summed E-state index contributed by atoms with van der Waals surface area (Å²) in [6.45, 7) is 2.87. The van der Waals surface area contributed by atoms with Crippen LogP contribution in [0, 0.1) is 0 Å². The summed E-state index contributed by atoms with van der Waals surface area (Å²) in [7, 11) is 0. The van der Waals surface area contributed by atoms with Crippen molar-refractivity contribution in [1.82, 2.24) is 15.5 Å². The number of rotatable bonds is 8. The fraction of sp³-hybridized carbons (Fsp3) is 0.321. The van der Waals surface area contributed by atoms with Crippen LogP contribution >= 0.6 is 0 Å². The first-order valence-corrected chi connectivity index (χ1v) is 11.9. The largest absolute Gasteiger partial charge is 0.480 e. The number of nitrogens with one attached hydrogen (secondary N) is 2. The summed E-state index contributed by atoms with van der Waals surface area (Å²) in [5.41, 5.74) is 1.46. The van der Waals surface area contributed by atoms with Gasteiger partial charge in [-0.05, 0) is 34.7 Å². The lowest BCUT2D eigenvalue weighted by Gasteiger charge is -2.42. The van der Waals surface area contributed by atoms with E-state index < -0.39 is 17.6 Å². The van der Waals surface area contributed by atoms with Crippen molar-refractivity contribution >= 4 is 28.6 Å². The molecule has 0 bridgehead atoms. The van der Waals surface area contributed by atoms with Crippen molar-refractivity contribution in [3.05, 3.63) is 83.9 Å². The SMILES string of the molecule is CC(=O)NC1(c2ccccc2)CCN(CC(=O)N[C@@H](Cc2ccc3ccccc3c2)C(=O)O)CC1. The van der Waals surface area contributed by atoms with E-state index in [1.165, 1.54) is 6.92 Å². The Hall–Kier alpha value is -3.71. The maximum absolute atomic E-state index is 12.8. The normalized spacial score (nSPS) is 16.4. The van der Waals surface area contributed by atoms with Crippen LogP contribution in [0.5, 0.6) is 0 Å². The third-order valence-corrected chi connectivity index (χ3v) is 6.71. The van der Waals surface area contributed by atoms with Gasteiger partial charge in [-0.15, -0.1) is 0 Å². The molecule has 0 aliphatic carbocycles. The number of amides is 2. The molecule has 1 saturated heterocycles. The molecule has 1 fully saturated rings. The Balaban J connectivity index is 1.36. The fourth-order valence-electron chi connectivity index (χ4n) is 4.92. The molecule has 0 saturated carbocycles. The van der Waals surface area contributed by atoms with Crippen molar-refractivity contribution in [2.75, 3.05) is 19.6 Å². The second-order valence-corrected chi connectivity index (χ2v) is 9.25. The molecule has 1 heterocycles. The molecule has 0 radical (unpaired) electrons. The van der Waals surface area contributed by atoms with Crippen LogP contribution in [0.3, 0.4) is 0 Å². The molecule has 3 N–H and O–H groups in total. The molecule has 3 aromatic rings. The molecule has 1 atom stereocenters. The first-order valence-electron chi connectivity index (χ1n) is 11.9. The van der Waals surface area contributed by atoms with E-state index in [1.54, 1.807) is 0 Å². The van der Waals surface area contributed by atoms with Crippen LogP contribution < -0.4 is 10.6 Å². The Morgan fingerprint density at radius 3 is 2.26 bits per heavy atom. The summed E-state index contributed by atoms with van der Waals surface area (Å²) >= 11 is 0. The minimum absolute atomic E-state index is 0.0852. The third-order valence-electron chi connectivity index (χ3n) is 6.71. The maximum Gasteiger partial charge on any atom is 0.326 e. The molecular formula is C28H31N3O4. The second-order valence-electron chi connectivity index (χ2n) is 9.25. The highest BCUT2D eigenvalue weighted by Gasteiger charge is 2.37. The molecule has 35 heavy (non-hydrogen) atoms. The lowest BCUT2D eigenvalue weighted by Crippen LogP contribution is -2.54. The molecule has 4 rings (SSSR count). The lowest BCUT2D eigenvalue weighted by molar-refractivity contribution is -0.142. The molecule has 7 heteroatoms. The van der Waals surface area contributed by atoms with Gasteiger partial charge >= 0.3 is 5.97 Å². The van der Waals surface area contributed by atoms with Crippen molar-refractivity contribution in [2.45, 2.75) is 37.8 Å². The minimum atomic E-state index is -1.06. The zero-order chi connectivity index (χ0) is 24.8. The molecule has 1 aliphatic rings. The second kappa shape index (κ2) is 10.7. The molecule has 1 aliphatic heterocycles. The van der Waals surface area contributed by atoms with Gasteiger partial charge in [0.1, 0.15) is 6.04 Å². The smallest absolute Gasteiger partial charge is 0.326 e. The van der Waals surface area contributed by atoms with E-state index >= 15 is 0 Å². The van der Waals surface area contributed by atoms with Gasteiger partial charge in [0.25, 0.3) is 0 Å². The number of nitrogens with zero attached hydrogens (tertiary/aromatic N) is 1. The van der Waals surface area contributed by atoms with E-state index in [9.17, 15) is 19.5 Å². The summed E-state index contributed by atoms with van der Waals surface area (Å²) in [5.74, 6) is -1.46. The lowest BCUT2D eigenvalue weighted by atomic mass is 9.80. The van der Waals surface area contributed by atoms with Gasteiger partial charge in [-0.1, -0.05) is 72.8 Å². The molecular weight excluding hydrogens is 442 g/mol. The number of benzene rings is 3. The Labute approximate surface area is 205 Å².